The fraction of sp³-hybridized carbons (Fsp3) is 0.600. The first-order chi connectivity index (χ1) is 10.4. The van der Waals surface area contributed by atoms with Gasteiger partial charge in [-0.05, 0) is 6.07 Å². The molecular formula is C15H21NO3S2. The lowest BCUT2D eigenvalue weighted by Gasteiger charge is -2.22. The van der Waals surface area contributed by atoms with Crippen molar-refractivity contribution in [3.63, 3.8) is 0 Å². The van der Waals surface area contributed by atoms with Crippen LogP contribution in [0.5, 0.6) is 17.2 Å². The molecule has 116 valence electrons. The predicted octanol–water partition coefficient (Wildman–Crippen LogP) is 2.40. The molecule has 0 aromatic heterocycles. The summed E-state index contributed by atoms with van der Waals surface area (Å²) in [6.07, 6.45) is 0. The fourth-order valence-electron chi connectivity index (χ4n) is 2.43. The number of nitrogens with one attached hydrogen (secondary N) is 1. The summed E-state index contributed by atoms with van der Waals surface area (Å²) >= 11 is 4.07. The van der Waals surface area contributed by atoms with E-state index in [9.17, 15) is 0 Å². The molecule has 1 aromatic rings. The van der Waals surface area contributed by atoms with Crippen LogP contribution in [-0.4, -0.2) is 49.4 Å². The normalized spacial score (nSPS) is 19.1. The number of rotatable bonds is 4. The van der Waals surface area contributed by atoms with E-state index in [1.54, 1.807) is 7.11 Å². The summed E-state index contributed by atoms with van der Waals surface area (Å²) in [7, 11) is 1.70. The maximum atomic E-state index is 5.66. The summed E-state index contributed by atoms with van der Waals surface area (Å²) in [6, 6.07) is 4.53. The Morgan fingerprint density at radius 3 is 2.48 bits per heavy atom. The zero-order valence-electron chi connectivity index (χ0n) is 12.2. The van der Waals surface area contributed by atoms with Gasteiger partial charge in [0.25, 0.3) is 0 Å². The highest BCUT2D eigenvalue weighted by molar-refractivity contribution is 8.03. The van der Waals surface area contributed by atoms with Crippen LogP contribution in [-0.2, 0) is 6.54 Å². The van der Waals surface area contributed by atoms with E-state index in [0.29, 0.717) is 19.3 Å². The molecule has 1 N–H and O–H groups in total. The molecule has 21 heavy (non-hydrogen) atoms. The molecule has 1 aromatic carbocycles. The van der Waals surface area contributed by atoms with Crippen LogP contribution in [0, 0.1) is 0 Å². The summed E-state index contributed by atoms with van der Waals surface area (Å²) in [4.78, 5) is 0. The van der Waals surface area contributed by atoms with Gasteiger partial charge >= 0.3 is 0 Å². The lowest BCUT2D eigenvalue weighted by molar-refractivity contribution is 0.170. The van der Waals surface area contributed by atoms with E-state index in [1.165, 1.54) is 23.0 Å². The summed E-state index contributed by atoms with van der Waals surface area (Å²) in [5.74, 6) is 7.35. The molecule has 2 heterocycles. The largest absolute Gasteiger partial charge is 0.496 e. The highest BCUT2D eigenvalue weighted by atomic mass is 32.2. The van der Waals surface area contributed by atoms with Crippen LogP contribution in [0.1, 0.15) is 5.56 Å². The number of thioether (sulfide) groups is 2. The molecule has 6 heteroatoms. The van der Waals surface area contributed by atoms with Crippen molar-refractivity contribution < 1.29 is 14.2 Å². The second-order valence-electron chi connectivity index (χ2n) is 5.04. The predicted molar refractivity (Wildman–Crippen MR) is 89.3 cm³/mol. The van der Waals surface area contributed by atoms with Crippen LogP contribution in [0.15, 0.2) is 12.1 Å². The van der Waals surface area contributed by atoms with Crippen molar-refractivity contribution in [3.8, 4) is 17.2 Å². The van der Waals surface area contributed by atoms with Gasteiger partial charge in [0.2, 0.25) is 0 Å². The van der Waals surface area contributed by atoms with Crippen LogP contribution < -0.4 is 19.5 Å². The van der Waals surface area contributed by atoms with Crippen molar-refractivity contribution in [2.45, 2.75) is 12.6 Å². The Morgan fingerprint density at radius 2 is 1.81 bits per heavy atom. The molecule has 4 nitrogen and oxygen atoms in total. The van der Waals surface area contributed by atoms with Gasteiger partial charge < -0.3 is 19.5 Å². The summed E-state index contributed by atoms with van der Waals surface area (Å²) in [5.41, 5.74) is 1.13. The van der Waals surface area contributed by atoms with Crippen molar-refractivity contribution in [3.05, 3.63) is 17.7 Å². The van der Waals surface area contributed by atoms with E-state index in [-0.39, 0.29) is 0 Å². The van der Waals surface area contributed by atoms with Gasteiger partial charge in [-0.1, -0.05) is 0 Å². The van der Waals surface area contributed by atoms with E-state index >= 15 is 0 Å². The first-order valence-electron chi connectivity index (χ1n) is 7.22. The third-order valence-electron chi connectivity index (χ3n) is 3.54. The molecule has 0 radical (unpaired) electrons. The Hall–Kier alpha value is -0.720. The van der Waals surface area contributed by atoms with Crippen LogP contribution in [0.3, 0.4) is 0 Å². The molecule has 0 unspecified atom stereocenters. The first kappa shape index (κ1) is 15.2. The highest BCUT2D eigenvalue weighted by Crippen LogP contribution is 2.36. The van der Waals surface area contributed by atoms with Gasteiger partial charge in [0.05, 0.1) is 7.11 Å². The Morgan fingerprint density at radius 1 is 1.14 bits per heavy atom. The minimum Gasteiger partial charge on any atom is -0.496 e. The topological polar surface area (TPSA) is 39.7 Å². The van der Waals surface area contributed by atoms with Gasteiger partial charge in [0, 0.05) is 47.2 Å². The Balaban J connectivity index is 1.68. The minimum absolute atomic E-state index is 0.556. The van der Waals surface area contributed by atoms with Gasteiger partial charge in [-0.15, -0.1) is 0 Å². The minimum atomic E-state index is 0.556. The third-order valence-corrected chi connectivity index (χ3v) is 6.06. The molecule has 0 amide bonds. The van der Waals surface area contributed by atoms with Crippen LogP contribution in [0.4, 0.5) is 0 Å². The third kappa shape index (κ3) is 3.93. The van der Waals surface area contributed by atoms with Gasteiger partial charge in [-0.3, -0.25) is 0 Å². The van der Waals surface area contributed by atoms with Crippen molar-refractivity contribution in [1.29, 1.82) is 0 Å². The monoisotopic (exact) mass is 327 g/mol. The Labute approximate surface area is 134 Å². The van der Waals surface area contributed by atoms with E-state index in [2.05, 4.69) is 5.32 Å². The number of hydrogen-bond acceptors (Lipinski definition) is 6. The van der Waals surface area contributed by atoms with Gasteiger partial charge in [0.1, 0.15) is 19.0 Å². The number of hydrogen-bond donors (Lipinski definition) is 1. The maximum Gasteiger partial charge on any atom is 0.165 e. The van der Waals surface area contributed by atoms with Crippen molar-refractivity contribution >= 4 is 23.5 Å². The number of methoxy groups -OCH3 is 1. The molecule has 2 aliphatic heterocycles. The second kappa shape index (κ2) is 7.51. The molecule has 1 fully saturated rings. The van der Waals surface area contributed by atoms with E-state index < -0.39 is 0 Å². The molecule has 0 bridgehead atoms. The molecule has 0 atom stereocenters. The van der Waals surface area contributed by atoms with Crippen molar-refractivity contribution in [1.82, 2.24) is 5.32 Å². The van der Waals surface area contributed by atoms with Crippen LogP contribution in [0.25, 0.3) is 0 Å². The SMILES string of the molecule is COc1cc2c(cc1CNC1CSCCSC1)OCCO2. The van der Waals surface area contributed by atoms with Crippen molar-refractivity contribution in [2.24, 2.45) is 0 Å². The summed E-state index contributed by atoms with van der Waals surface area (Å²) in [6.45, 7) is 2.01. The highest BCUT2D eigenvalue weighted by Gasteiger charge is 2.18. The van der Waals surface area contributed by atoms with E-state index in [0.717, 1.165) is 29.4 Å². The van der Waals surface area contributed by atoms with E-state index in [1.807, 2.05) is 35.7 Å². The molecule has 1 saturated heterocycles. The molecule has 0 saturated carbocycles. The number of benzene rings is 1. The van der Waals surface area contributed by atoms with Crippen LogP contribution >= 0.6 is 23.5 Å². The quantitative estimate of drug-likeness (QED) is 0.916. The van der Waals surface area contributed by atoms with Gasteiger partial charge in [-0.25, -0.2) is 0 Å². The Bertz CT molecular complexity index is 476. The van der Waals surface area contributed by atoms with Gasteiger partial charge in [-0.2, -0.15) is 23.5 Å². The molecule has 3 rings (SSSR count). The fourth-order valence-corrected chi connectivity index (χ4v) is 4.90. The first-order valence-corrected chi connectivity index (χ1v) is 9.53. The summed E-state index contributed by atoms with van der Waals surface area (Å²) < 4.78 is 16.7. The zero-order valence-corrected chi connectivity index (χ0v) is 13.9. The lowest BCUT2D eigenvalue weighted by atomic mass is 10.1. The summed E-state index contributed by atoms with van der Waals surface area (Å²) in [5, 5.41) is 3.64. The zero-order chi connectivity index (χ0) is 14.5. The molecule has 2 aliphatic rings. The molecule has 0 spiro atoms. The lowest BCUT2D eigenvalue weighted by Crippen LogP contribution is -2.32. The van der Waals surface area contributed by atoms with E-state index in [4.69, 9.17) is 14.2 Å². The molecular weight excluding hydrogens is 306 g/mol. The molecule has 0 aliphatic carbocycles. The Kier molecular flexibility index (Phi) is 5.43. The van der Waals surface area contributed by atoms with Gasteiger partial charge in [0.15, 0.2) is 11.5 Å². The standard InChI is InChI=1S/C15H21NO3S2/c1-17-13-7-15-14(18-2-3-19-15)6-11(13)8-16-12-9-20-4-5-21-10-12/h6-7,12,16H,2-5,8-10H2,1H3. The average molecular weight is 327 g/mol. The number of ether oxygens (including phenoxy) is 3. The maximum absolute atomic E-state index is 5.66. The van der Waals surface area contributed by atoms with Crippen molar-refractivity contribution in [2.75, 3.05) is 43.3 Å². The average Bonchev–Trinajstić information content (AvgIpc) is 2.80. The smallest absolute Gasteiger partial charge is 0.165 e. The number of fused-ring (bicyclic) bond motifs is 1. The van der Waals surface area contributed by atoms with Crippen LogP contribution in [0.2, 0.25) is 0 Å². The second-order valence-corrected chi connectivity index (χ2v) is 7.34.